The van der Waals surface area contributed by atoms with Crippen LogP contribution in [-0.4, -0.2) is 84.1 Å². The maximum absolute atomic E-state index is 12.7. The molecule has 0 unspecified atom stereocenters. The SMILES string of the molecule is Cc1cc(C(=O)CN2CCN(C(=O)N(C)C)CC2)c(C)n1CC(F)(F)F. The maximum atomic E-state index is 12.7. The number of piperazine rings is 1. The zero-order valence-corrected chi connectivity index (χ0v) is 15.6. The van der Waals surface area contributed by atoms with Gasteiger partial charge in [0, 0.05) is 57.2 Å². The highest BCUT2D eigenvalue weighted by molar-refractivity contribution is 5.99. The zero-order chi connectivity index (χ0) is 19.6. The highest BCUT2D eigenvalue weighted by atomic mass is 19.4. The number of aromatic nitrogens is 1. The average molecular weight is 374 g/mol. The Hall–Kier alpha value is -2.03. The van der Waals surface area contributed by atoms with Crippen LogP contribution in [0.1, 0.15) is 21.7 Å². The van der Waals surface area contributed by atoms with Crippen molar-refractivity contribution in [2.75, 3.05) is 46.8 Å². The summed E-state index contributed by atoms with van der Waals surface area (Å²) in [6.45, 7) is 4.33. The van der Waals surface area contributed by atoms with Gasteiger partial charge < -0.3 is 14.4 Å². The summed E-state index contributed by atoms with van der Waals surface area (Å²) in [5.74, 6) is -0.195. The Morgan fingerprint density at radius 3 is 2.19 bits per heavy atom. The molecule has 1 aromatic heterocycles. The van der Waals surface area contributed by atoms with Crippen molar-refractivity contribution < 1.29 is 22.8 Å². The number of rotatable bonds is 4. The molecular formula is C17H25F3N4O2. The standard InChI is InChI=1S/C17H25F3N4O2/c1-12-9-14(13(2)24(12)11-17(18,19)20)15(25)10-22-5-7-23(8-6-22)16(26)21(3)4/h9H,5-8,10-11H2,1-4H3. The molecule has 2 amide bonds. The Labute approximate surface area is 151 Å². The van der Waals surface area contributed by atoms with Crippen LogP contribution >= 0.6 is 0 Å². The molecule has 1 aromatic rings. The van der Waals surface area contributed by atoms with Crippen molar-refractivity contribution in [2.45, 2.75) is 26.6 Å². The molecule has 9 heteroatoms. The molecule has 0 spiro atoms. The van der Waals surface area contributed by atoms with Crippen LogP contribution in [0.25, 0.3) is 0 Å². The van der Waals surface area contributed by atoms with Crippen LogP contribution in [0, 0.1) is 13.8 Å². The molecule has 1 aliphatic rings. The third kappa shape index (κ3) is 4.78. The fraction of sp³-hybridized carbons (Fsp3) is 0.647. The second-order valence-electron chi connectivity index (χ2n) is 6.85. The van der Waals surface area contributed by atoms with E-state index in [1.807, 2.05) is 4.90 Å². The number of halogens is 3. The predicted octanol–water partition coefficient (Wildman–Crippen LogP) is 2.15. The number of nitrogens with zero attached hydrogens (tertiary/aromatic N) is 4. The molecule has 1 fully saturated rings. The lowest BCUT2D eigenvalue weighted by atomic mass is 10.1. The van der Waals surface area contributed by atoms with Crippen LogP contribution in [0.5, 0.6) is 0 Å². The van der Waals surface area contributed by atoms with Gasteiger partial charge in [0.05, 0.1) is 6.54 Å². The summed E-state index contributed by atoms with van der Waals surface area (Å²) >= 11 is 0. The molecule has 146 valence electrons. The molecule has 0 radical (unpaired) electrons. The molecule has 0 saturated carbocycles. The van der Waals surface area contributed by atoms with Gasteiger partial charge in [0.15, 0.2) is 5.78 Å². The Balaban J connectivity index is 1.99. The molecular weight excluding hydrogens is 349 g/mol. The van der Waals surface area contributed by atoms with E-state index in [0.29, 0.717) is 43.1 Å². The summed E-state index contributed by atoms with van der Waals surface area (Å²) in [5, 5.41) is 0. The third-order valence-electron chi connectivity index (χ3n) is 4.60. The van der Waals surface area contributed by atoms with E-state index in [0.717, 1.165) is 4.57 Å². The second kappa shape index (κ2) is 7.69. The van der Waals surface area contributed by atoms with Crippen molar-refractivity contribution in [2.24, 2.45) is 0 Å². The molecule has 6 nitrogen and oxygen atoms in total. The zero-order valence-electron chi connectivity index (χ0n) is 15.6. The predicted molar refractivity (Wildman–Crippen MR) is 91.4 cm³/mol. The van der Waals surface area contributed by atoms with Crippen LogP contribution in [0.4, 0.5) is 18.0 Å². The Morgan fingerprint density at radius 2 is 1.69 bits per heavy atom. The van der Waals surface area contributed by atoms with Crippen molar-refractivity contribution >= 4 is 11.8 Å². The molecule has 0 aliphatic carbocycles. The van der Waals surface area contributed by atoms with E-state index in [2.05, 4.69) is 0 Å². The highest BCUT2D eigenvalue weighted by Crippen LogP contribution is 2.23. The second-order valence-corrected chi connectivity index (χ2v) is 6.85. The molecule has 1 aliphatic heterocycles. The minimum Gasteiger partial charge on any atom is -0.339 e. The number of carbonyl (C=O) groups excluding carboxylic acids is 2. The van der Waals surface area contributed by atoms with Crippen LogP contribution in [0.3, 0.4) is 0 Å². The van der Waals surface area contributed by atoms with Crippen LogP contribution < -0.4 is 0 Å². The number of hydrogen-bond acceptors (Lipinski definition) is 3. The lowest BCUT2D eigenvalue weighted by Gasteiger charge is -2.35. The molecule has 26 heavy (non-hydrogen) atoms. The molecule has 1 saturated heterocycles. The van der Waals surface area contributed by atoms with Gasteiger partial charge >= 0.3 is 12.2 Å². The van der Waals surface area contributed by atoms with Gasteiger partial charge in [-0.15, -0.1) is 0 Å². The van der Waals surface area contributed by atoms with E-state index >= 15 is 0 Å². The number of carbonyl (C=O) groups is 2. The van der Waals surface area contributed by atoms with E-state index in [-0.39, 0.29) is 18.4 Å². The minimum absolute atomic E-state index is 0.0633. The Morgan fingerprint density at radius 1 is 1.12 bits per heavy atom. The van der Waals surface area contributed by atoms with Crippen LogP contribution in [-0.2, 0) is 6.54 Å². The minimum atomic E-state index is -4.33. The van der Waals surface area contributed by atoms with Gasteiger partial charge in [0.1, 0.15) is 6.54 Å². The number of alkyl halides is 3. The normalized spacial score (nSPS) is 16.0. The summed E-state index contributed by atoms with van der Waals surface area (Å²) in [5.41, 5.74) is 1.09. The molecule has 0 bridgehead atoms. The maximum Gasteiger partial charge on any atom is 0.406 e. The average Bonchev–Trinajstić information content (AvgIpc) is 2.81. The molecule has 2 rings (SSSR count). The summed E-state index contributed by atoms with van der Waals surface area (Å²) in [4.78, 5) is 29.6. The lowest BCUT2D eigenvalue weighted by Crippen LogP contribution is -2.52. The first kappa shape index (κ1) is 20.3. The van der Waals surface area contributed by atoms with E-state index in [9.17, 15) is 22.8 Å². The van der Waals surface area contributed by atoms with Gasteiger partial charge in [-0.3, -0.25) is 9.69 Å². The number of Topliss-reactive ketones (excluding diaryl/α,β-unsaturated/α-hetero) is 1. The first-order chi connectivity index (χ1) is 12.0. The van der Waals surface area contributed by atoms with Crippen LogP contribution in [0.2, 0.25) is 0 Å². The quantitative estimate of drug-likeness (QED) is 0.759. The van der Waals surface area contributed by atoms with Gasteiger partial charge in [0.25, 0.3) is 0 Å². The highest BCUT2D eigenvalue weighted by Gasteiger charge is 2.31. The van der Waals surface area contributed by atoms with Crippen molar-refractivity contribution in [1.29, 1.82) is 0 Å². The number of ketones is 1. The molecule has 0 N–H and O–H groups in total. The first-order valence-corrected chi connectivity index (χ1v) is 8.45. The number of hydrogen-bond donors (Lipinski definition) is 0. The number of amides is 2. The topological polar surface area (TPSA) is 48.8 Å². The summed E-state index contributed by atoms with van der Waals surface area (Å²) in [6, 6.07) is 1.46. The van der Waals surface area contributed by atoms with Crippen molar-refractivity contribution in [3.63, 3.8) is 0 Å². The van der Waals surface area contributed by atoms with Crippen molar-refractivity contribution in [3.8, 4) is 0 Å². The van der Waals surface area contributed by atoms with Crippen molar-refractivity contribution in [3.05, 3.63) is 23.0 Å². The van der Waals surface area contributed by atoms with E-state index in [1.165, 1.54) is 11.0 Å². The molecule has 2 heterocycles. The number of aryl methyl sites for hydroxylation is 1. The lowest BCUT2D eigenvalue weighted by molar-refractivity contribution is -0.141. The van der Waals surface area contributed by atoms with Crippen molar-refractivity contribution in [1.82, 2.24) is 19.3 Å². The van der Waals surface area contributed by atoms with Gasteiger partial charge in [-0.2, -0.15) is 13.2 Å². The third-order valence-corrected chi connectivity index (χ3v) is 4.60. The fourth-order valence-electron chi connectivity index (χ4n) is 3.17. The van der Waals surface area contributed by atoms with E-state index in [4.69, 9.17) is 0 Å². The van der Waals surface area contributed by atoms with Gasteiger partial charge in [-0.05, 0) is 19.9 Å². The van der Waals surface area contributed by atoms with Crippen LogP contribution in [0.15, 0.2) is 6.07 Å². The Kier molecular flexibility index (Phi) is 6.00. The fourth-order valence-corrected chi connectivity index (χ4v) is 3.17. The largest absolute Gasteiger partial charge is 0.406 e. The van der Waals surface area contributed by atoms with Gasteiger partial charge in [0.2, 0.25) is 0 Å². The smallest absolute Gasteiger partial charge is 0.339 e. The van der Waals surface area contributed by atoms with Gasteiger partial charge in [-0.1, -0.05) is 0 Å². The molecule has 0 aromatic carbocycles. The molecule has 0 atom stereocenters. The Bertz CT molecular complexity index is 674. The summed E-state index contributed by atoms with van der Waals surface area (Å²) in [6.07, 6.45) is -4.33. The number of urea groups is 1. The summed E-state index contributed by atoms with van der Waals surface area (Å²) < 4.78 is 39.2. The monoisotopic (exact) mass is 374 g/mol. The first-order valence-electron chi connectivity index (χ1n) is 8.45. The van der Waals surface area contributed by atoms with E-state index in [1.54, 1.807) is 32.8 Å². The van der Waals surface area contributed by atoms with E-state index < -0.39 is 12.7 Å². The summed E-state index contributed by atoms with van der Waals surface area (Å²) in [7, 11) is 3.38. The van der Waals surface area contributed by atoms with Gasteiger partial charge in [-0.25, -0.2) is 4.79 Å².